The predicted octanol–water partition coefficient (Wildman–Crippen LogP) is 1.86. The topological polar surface area (TPSA) is 48.7 Å². The number of methoxy groups -OCH3 is 1. The average molecular weight is 196 g/mol. The van der Waals surface area contributed by atoms with Crippen LogP contribution in [-0.4, -0.2) is 19.7 Å². The third kappa shape index (κ3) is 2.65. The van der Waals surface area contributed by atoms with Crippen LogP contribution in [0.5, 0.6) is 5.75 Å². The second-order valence-corrected chi connectivity index (χ2v) is 2.44. The van der Waals surface area contributed by atoms with Gasteiger partial charge in [-0.3, -0.25) is 0 Å². The summed E-state index contributed by atoms with van der Waals surface area (Å²) in [4.78, 5) is 10.9. The monoisotopic (exact) mass is 196 g/mol. The summed E-state index contributed by atoms with van der Waals surface area (Å²) in [5.41, 5.74) is 0. The number of hydrogen-bond acceptors (Lipinski definition) is 4. The summed E-state index contributed by atoms with van der Waals surface area (Å²) in [5, 5.41) is 0. The molecule has 0 aliphatic carbocycles. The van der Waals surface area contributed by atoms with E-state index >= 15 is 0 Å². The van der Waals surface area contributed by atoms with Crippen LogP contribution in [0.2, 0.25) is 0 Å². The molecule has 0 atom stereocenters. The van der Waals surface area contributed by atoms with Crippen LogP contribution < -0.4 is 4.74 Å². The number of carbonyl (C=O) groups is 1. The summed E-state index contributed by atoms with van der Waals surface area (Å²) in [6.07, 6.45) is 4.30. The Morgan fingerprint density at radius 3 is 3.07 bits per heavy atom. The summed E-state index contributed by atoms with van der Waals surface area (Å²) in [5.74, 6) is 0.692. The smallest absolute Gasteiger partial charge is 0.330 e. The highest BCUT2D eigenvalue weighted by Crippen LogP contribution is 2.20. The maximum atomic E-state index is 10.9. The van der Waals surface area contributed by atoms with Crippen LogP contribution in [0, 0.1) is 0 Å². The van der Waals surface area contributed by atoms with E-state index in [4.69, 9.17) is 13.9 Å². The van der Waals surface area contributed by atoms with Crippen molar-refractivity contribution in [1.82, 2.24) is 0 Å². The number of carbonyl (C=O) groups excluding carboxylic acids is 1. The molecule has 0 spiro atoms. The number of rotatable bonds is 4. The van der Waals surface area contributed by atoms with Gasteiger partial charge in [-0.2, -0.15) is 0 Å². The number of furan rings is 1. The fourth-order valence-electron chi connectivity index (χ4n) is 0.933. The first-order chi connectivity index (χ1) is 6.77. The molecule has 0 fully saturated rings. The Bertz CT molecular complexity index is 325. The van der Waals surface area contributed by atoms with Gasteiger partial charge in [-0.1, -0.05) is 0 Å². The van der Waals surface area contributed by atoms with E-state index in [9.17, 15) is 4.79 Å². The Morgan fingerprint density at radius 2 is 2.43 bits per heavy atom. The quantitative estimate of drug-likeness (QED) is 0.544. The van der Waals surface area contributed by atoms with E-state index in [1.54, 1.807) is 13.0 Å². The molecule has 0 bridgehead atoms. The van der Waals surface area contributed by atoms with Crippen molar-refractivity contribution in [1.29, 1.82) is 0 Å². The van der Waals surface area contributed by atoms with Crippen molar-refractivity contribution < 1.29 is 18.7 Å². The molecule has 1 heterocycles. The Hall–Kier alpha value is -1.71. The zero-order valence-corrected chi connectivity index (χ0v) is 8.15. The Kier molecular flexibility index (Phi) is 3.79. The van der Waals surface area contributed by atoms with Crippen LogP contribution >= 0.6 is 0 Å². The number of hydrogen-bond donors (Lipinski definition) is 0. The summed E-state index contributed by atoms with van der Waals surface area (Å²) in [6, 6.07) is 1.67. The van der Waals surface area contributed by atoms with Gasteiger partial charge in [0.05, 0.1) is 20.0 Å². The van der Waals surface area contributed by atoms with Gasteiger partial charge in [0.1, 0.15) is 0 Å². The lowest BCUT2D eigenvalue weighted by Crippen LogP contribution is -1.98. The molecule has 4 heteroatoms. The van der Waals surface area contributed by atoms with Crippen molar-refractivity contribution in [2.75, 3.05) is 13.7 Å². The van der Waals surface area contributed by atoms with Gasteiger partial charge >= 0.3 is 5.97 Å². The largest absolute Gasteiger partial charge is 0.493 e. The maximum Gasteiger partial charge on any atom is 0.330 e. The molecule has 0 N–H and O–H groups in total. The van der Waals surface area contributed by atoms with Crippen molar-refractivity contribution in [3.63, 3.8) is 0 Å². The summed E-state index contributed by atoms with van der Waals surface area (Å²) >= 11 is 0. The Morgan fingerprint density at radius 1 is 1.64 bits per heavy atom. The lowest BCUT2D eigenvalue weighted by Gasteiger charge is -1.96. The molecule has 0 radical (unpaired) electrons. The van der Waals surface area contributed by atoms with Crippen LogP contribution in [0.4, 0.5) is 0 Å². The van der Waals surface area contributed by atoms with Gasteiger partial charge in [0.25, 0.3) is 0 Å². The van der Waals surface area contributed by atoms with Gasteiger partial charge in [-0.05, 0) is 13.0 Å². The minimum Gasteiger partial charge on any atom is -0.493 e. The first-order valence-corrected chi connectivity index (χ1v) is 4.24. The molecule has 0 amide bonds. The standard InChI is InChI=1S/C10H12O4/c1-3-13-10(11)5-4-9-8(12-2)6-7-14-9/h4-7H,3H2,1-2H3/b5-4+. The fourth-order valence-corrected chi connectivity index (χ4v) is 0.933. The average Bonchev–Trinajstić information content (AvgIpc) is 2.62. The summed E-state index contributed by atoms with van der Waals surface area (Å²) in [6.45, 7) is 2.11. The van der Waals surface area contributed by atoms with Crippen LogP contribution in [0.15, 0.2) is 22.8 Å². The van der Waals surface area contributed by atoms with E-state index < -0.39 is 5.97 Å². The second-order valence-electron chi connectivity index (χ2n) is 2.44. The van der Waals surface area contributed by atoms with Gasteiger partial charge in [0.2, 0.25) is 0 Å². The fraction of sp³-hybridized carbons (Fsp3) is 0.300. The molecule has 1 aromatic heterocycles. The van der Waals surface area contributed by atoms with Crippen molar-refractivity contribution in [3.05, 3.63) is 24.2 Å². The zero-order chi connectivity index (χ0) is 10.4. The highest BCUT2D eigenvalue weighted by atomic mass is 16.5. The van der Waals surface area contributed by atoms with Gasteiger partial charge in [0.15, 0.2) is 11.5 Å². The molecule has 0 aliphatic rings. The van der Waals surface area contributed by atoms with E-state index in [-0.39, 0.29) is 0 Å². The highest BCUT2D eigenvalue weighted by Gasteiger charge is 2.02. The molecule has 4 nitrogen and oxygen atoms in total. The third-order valence-electron chi connectivity index (χ3n) is 1.53. The van der Waals surface area contributed by atoms with Crippen molar-refractivity contribution >= 4 is 12.0 Å². The molecule has 0 saturated heterocycles. The lowest BCUT2D eigenvalue weighted by atomic mass is 10.3. The Balaban J connectivity index is 2.63. The van der Waals surface area contributed by atoms with Crippen molar-refractivity contribution in [3.8, 4) is 5.75 Å². The molecule has 0 aliphatic heterocycles. The first-order valence-electron chi connectivity index (χ1n) is 4.24. The number of esters is 1. The van der Waals surface area contributed by atoms with E-state index in [1.807, 2.05) is 0 Å². The van der Waals surface area contributed by atoms with Crippen LogP contribution in [0.3, 0.4) is 0 Å². The van der Waals surface area contributed by atoms with Crippen LogP contribution in [-0.2, 0) is 9.53 Å². The molecule has 14 heavy (non-hydrogen) atoms. The molecular formula is C10H12O4. The van der Waals surface area contributed by atoms with Gasteiger partial charge in [-0.25, -0.2) is 4.79 Å². The van der Waals surface area contributed by atoms with Crippen LogP contribution in [0.25, 0.3) is 6.08 Å². The van der Waals surface area contributed by atoms with E-state index in [1.165, 1.54) is 25.5 Å². The van der Waals surface area contributed by atoms with Crippen molar-refractivity contribution in [2.24, 2.45) is 0 Å². The second kappa shape index (κ2) is 5.11. The molecular weight excluding hydrogens is 184 g/mol. The third-order valence-corrected chi connectivity index (χ3v) is 1.53. The molecule has 76 valence electrons. The van der Waals surface area contributed by atoms with E-state index in [0.29, 0.717) is 18.1 Å². The molecule has 1 aromatic rings. The SMILES string of the molecule is CCOC(=O)/C=C/c1occc1OC. The van der Waals surface area contributed by atoms with E-state index in [0.717, 1.165) is 0 Å². The highest BCUT2D eigenvalue weighted by molar-refractivity contribution is 5.86. The summed E-state index contributed by atoms with van der Waals surface area (Å²) in [7, 11) is 1.53. The first kappa shape index (κ1) is 10.4. The minimum absolute atomic E-state index is 0.360. The summed E-state index contributed by atoms with van der Waals surface area (Å²) < 4.78 is 14.8. The Labute approximate surface area is 82.1 Å². The van der Waals surface area contributed by atoms with Crippen LogP contribution in [0.1, 0.15) is 12.7 Å². The molecule has 0 saturated carbocycles. The van der Waals surface area contributed by atoms with Crippen molar-refractivity contribution in [2.45, 2.75) is 6.92 Å². The maximum absolute atomic E-state index is 10.9. The lowest BCUT2D eigenvalue weighted by molar-refractivity contribution is -0.137. The number of ether oxygens (including phenoxy) is 2. The molecule has 0 aromatic carbocycles. The normalized spacial score (nSPS) is 10.4. The minimum atomic E-state index is -0.397. The predicted molar refractivity (Wildman–Crippen MR) is 50.9 cm³/mol. The van der Waals surface area contributed by atoms with Gasteiger partial charge in [-0.15, -0.1) is 0 Å². The molecule has 1 rings (SSSR count). The van der Waals surface area contributed by atoms with Gasteiger partial charge in [0, 0.05) is 12.1 Å². The zero-order valence-electron chi connectivity index (χ0n) is 8.15. The van der Waals surface area contributed by atoms with Gasteiger partial charge < -0.3 is 13.9 Å². The van der Waals surface area contributed by atoms with E-state index in [2.05, 4.69) is 0 Å². The molecule has 0 unspecified atom stereocenters.